The van der Waals surface area contributed by atoms with Crippen LogP contribution in [0.15, 0.2) is 79.0 Å². The highest BCUT2D eigenvalue weighted by Crippen LogP contribution is 2.40. The average molecular weight is 659 g/mol. The van der Waals surface area contributed by atoms with E-state index in [4.69, 9.17) is 0 Å². The fourth-order valence-corrected chi connectivity index (χ4v) is 7.14. The van der Waals surface area contributed by atoms with E-state index in [-0.39, 0.29) is 32.5 Å². The van der Waals surface area contributed by atoms with Crippen molar-refractivity contribution in [3.05, 3.63) is 142 Å². The number of hydrogen-bond acceptors (Lipinski definition) is 0. The number of rotatable bonds is 10. The Balaban J connectivity index is 1.22. The second kappa shape index (κ2) is 11.4. The first kappa shape index (κ1) is 34.5. The van der Waals surface area contributed by atoms with Crippen molar-refractivity contribution in [2.75, 3.05) is 0 Å². The van der Waals surface area contributed by atoms with E-state index in [9.17, 15) is 0 Å². The Bertz CT molecular complexity index is 2030. The van der Waals surface area contributed by atoms with E-state index in [1.807, 2.05) is 6.20 Å². The minimum atomic E-state index is -0.250. The third-order valence-corrected chi connectivity index (χ3v) is 11.6. The summed E-state index contributed by atoms with van der Waals surface area (Å²) >= 11 is 0. The maximum Gasteiger partial charge on any atom is 0.0447 e. The lowest BCUT2D eigenvalue weighted by molar-refractivity contribution is 0.546. The lowest BCUT2D eigenvalue weighted by Gasteiger charge is -2.27. The summed E-state index contributed by atoms with van der Waals surface area (Å²) in [5, 5.41) is 0. The molecule has 6 N–H and O–H groups in total. The van der Waals surface area contributed by atoms with Gasteiger partial charge in [-0.1, -0.05) is 20.8 Å². The number of nitrogens with one attached hydrogen (secondary N) is 6. The van der Waals surface area contributed by atoms with E-state index in [2.05, 4.69) is 193 Å². The van der Waals surface area contributed by atoms with Gasteiger partial charge in [0.2, 0.25) is 0 Å². The van der Waals surface area contributed by atoms with Crippen molar-refractivity contribution < 1.29 is 0 Å². The third-order valence-electron chi connectivity index (χ3n) is 11.6. The average Bonchev–Trinajstić information content (AvgIpc) is 3.86. The second-order valence-corrected chi connectivity index (χ2v) is 17.9. The Morgan fingerprint density at radius 3 is 0.714 bits per heavy atom. The molecule has 6 heterocycles. The van der Waals surface area contributed by atoms with Crippen molar-refractivity contribution in [3.63, 3.8) is 0 Å². The smallest absolute Gasteiger partial charge is 0.0447 e. The van der Waals surface area contributed by atoms with Gasteiger partial charge in [0.15, 0.2) is 0 Å². The van der Waals surface area contributed by atoms with Gasteiger partial charge in [0.1, 0.15) is 0 Å². The van der Waals surface area contributed by atoms with E-state index in [1.54, 1.807) is 0 Å². The largest absolute Gasteiger partial charge is 0.364 e. The summed E-state index contributed by atoms with van der Waals surface area (Å²) in [4.78, 5) is 22.4. The normalized spacial score (nSPS) is 13.8. The van der Waals surface area contributed by atoms with Crippen LogP contribution in [0.25, 0.3) is 0 Å². The summed E-state index contributed by atoms with van der Waals surface area (Å²) in [6, 6.07) is 26.6. The van der Waals surface area contributed by atoms with Crippen LogP contribution in [0, 0.1) is 0 Å². The summed E-state index contributed by atoms with van der Waals surface area (Å²) < 4.78 is 0. The zero-order valence-corrected chi connectivity index (χ0v) is 32.0. The first-order valence-electron chi connectivity index (χ1n) is 17.8. The predicted octanol–water partition coefficient (Wildman–Crippen LogP) is 10.6. The van der Waals surface area contributed by atoms with Gasteiger partial charge >= 0.3 is 0 Å². The number of hydrogen-bond donors (Lipinski definition) is 6. The van der Waals surface area contributed by atoms with Crippen molar-refractivity contribution in [1.82, 2.24) is 29.9 Å². The van der Waals surface area contributed by atoms with Crippen molar-refractivity contribution in [2.24, 2.45) is 0 Å². The Hall–Kier alpha value is -4.32. The zero-order chi connectivity index (χ0) is 35.8. The molecular weight excluding hydrogens is 601 g/mol. The molecule has 6 nitrogen and oxygen atoms in total. The molecule has 6 aromatic rings. The summed E-state index contributed by atoms with van der Waals surface area (Å²) in [5.74, 6) is 0. The molecule has 0 aromatic carbocycles. The molecule has 6 aromatic heterocycles. The molecule has 260 valence electrons. The molecule has 0 fully saturated rings. The molecule has 6 rings (SSSR count). The summed E-state index contributed by atoms with van der Waals surface area (Å²) in [6.07, 6.45) is 1.99. The van der Waals surface area contributed by atoms with E-state index in [0.29, 0.717) is 0 Å². The Kier molecular flexibility index (Phi) is 8.01. The minimum Gasteiger partial charge on any atom is -0.364 e. The third kappa shape index (κ3) is 5.87. The molecule has 0 radical (unpaired) electrons. The van der Waals surface area contributed by atoms with Crippen LogP contribution >= 0.6 is 0 Å². The van der Waals surface area contributed by atoms with E-state index in [0.717, 1.165) is 0 Å². The molecular formula is C43H58N6. The molecule has 0 spiro atoms. The fourth-order valence-electron chi connectivity index (χ4n) is 7.14. The van der Waals surface area contributed by atoms with Crippen LogP contribution in [0.1, 0.15) is 153 Å². The van der Waals surface area contributed by atoms with Gasteiger partial charge in [0.05, 0.1) is 0 Å². The minimum absolute atomic E-state index is 0.0842. The molecule has 0 unspecified atom stereocenters. The van der Waals surface area contributed by atoms with Gasteiger partial charge in [0.25, 0.3) is 0 Å². The van der Waals surface area contributed by atoms with Crippen LogP contribution in [0.3, 0.4) is 0 Å². The molecule has 0 aliphatic heterocycles. The molecule has 0 aliphatic carbocycles. The van der Waals surface area contributed by atoms with Crippen molar-refractivity contribution in [1.29, 1.82) is 0 Å². The first-order valence-corrected chi connectivity index (χ1v) is 17.8. The lowest BCUT2D eigenvalue weighted by atomic mass is 9.85. The molecule has 0 saturated heterocycles. The maximum atomic E-state index is 3.85. The molecule has 0 saturated carbocycles. The SMILES string of the molecule is CC(C)(C)c1ccc(C(C)(C)c2ccc(C(C)(C)c3ccc(C(C)(C)c4ccc(C(C)(C)c5ccc(C(C)(C)c6ccc[nH]6)[nH]5)[nH]4)[nH]3)[nH]2)[nH]1. The zero-order valence-electron chi connectivity index (χ0n) is 32.0. The van der Waals surface area contributed by atoms with E-state index in [1.165, 1.54) is 62.6 Å². The standard InChI is InChI=1S/C43H58N6/c1-38(2,3)27-16-17-30(45-27)40(6,7)31-20-21-34(47-31)42(10,11)35-24-25-37(49-35)43(12,13)36-23-22-33(48-36)41(8,9)32-19-18-29(46-32)39(4,5)28-15-14-26-44-28/h14-26,44-49H,1-13H3. The van der Waals surface area contributed by atoms with Gasteiger partial charge < -0.3 is 29.9 Å². The summed E-state index contributed by atoms with van der Waals surface area (Å²) in [7, 11) is 0. The summed E-state index contributed by atoms with van der Waals surface area (Å²) in [6.45, 7) is 29.6. The second-order valence-electron chi connectivity index (χ2n) is 17.9. The maximum absolute atomic E-state index is 3.85. The van der Waals surface area contributed by atoms with Gasteiger partial charge in [-0.3, -0.25) is 0 Å². The van der Waals surface area contributed by atoms with Gasteiger partial charge in [-0.25, -0.2) is 0 Å². The van der Waals surface area contributed by atoms with E-state index >= 15 is 0 Å². The topological polar surface area (TPSA) is 94.7 Å². The Morgan fingerprint density at radius 2 is 0.510 bits per heavy atom. The predicted molar refractivity (Wildman–Crippen MR) is 204 cm³/mol. The highest BCUT2D eigenvalue weighted by Gasteiger charge is 2.36. The number of aromatic amines is 6. The highest BCUT2D eigenvalue weighted by molar-refractivity contribution is 5.42. The van der Waals surface area contributed by atoms with Crippen molar-refractivity contribution in [2.45, 2.75) is 122 Å². The molecule has 49 heavy (non-hydrogen) atoms. The van der Waals surface area contributed by atoms with Gasteiger partial charge in [-0.2, -0.15) is 0 Å². The van der Waals surface area contributed by atoms with Gasteiger partial charge in [-0.15, -0.1) is 0 Å². The molecule has 0 atom stereocenters. The van der Waals surface area contributed by atoms with E-state index < -0.39 is 0 Å². The van der Waals surface area contributed by atoms with Gasteiger partial charge in [0, 0.05) is 101 Å². The number of H-pyrrole nitrogens is 6. The molecule has 6 heteroatoms. The highest BCUT2D eigenvalue weighted by atomic mass is 14.9. The Labute approximate surface area is 293 Å². The molecule has 0 bridgehead atoms. The van der Waals surface area contributed by atoms with Gasteiger partial charge in [-0.05, 0) is 142 Å². The number of aromatic nitrogens is 6. The monoisotopic (exact) mass is 658 g/mol. The molecule has 0 amide bonds. The van der Waals surface area contributed by atoms with Crippen LogP contribution in [0.2, 0.25) is 0 Å². The Morgan fingerprint density at radius 1 is 0.286 bits per heavy atom. The molecule has 0 aliphatic rings. The van der Waals surface area contributed by atoms with Crippen LogP contribution in [-0.2, 0) is 32.5 Å². The van der Waals surface area contributed by atoms with Crippen LogP contribution in [-0.4, -0.2) is 29.9 Å². The van der Waals surface area contributed by atoms with Crippen molar-refractivity contribution >= 4 is 0 Å². The van der Waals surface area contributed by atoms with Crippen LogP contribution in [0.4, 0.5) is 0 Å². The quantitative estimate of drug-likeness (QED) is 0.0845. The first-order chi connectivity index (χ1) is 22.7. The summed E-state index contributed by atoms with van der Waals surface area (Å²) in [5.41, 5.74) is 12.2. The van der Waals surface area contributed by atoms with Crippen LogP contribution in [0.5, 0.6) is 0 Å². The lowest BCUT2D eigenvalue weighted by Crippen LogP contribution is -2.25. The van der Waals surface area contributed by atoms with Crippen molar-refractivity contribution in [3.8, 4) is 0 Å². The fraction of sp³-hybridized carbons (Fsp3) is 0.442. The van der Waals surface area contributed by atoms with Crippen LogP contribution < -0.4 is 0 Å².